The zero-order valence-corrected chi connectivity index (χ0v) is 17.0. The lowest BCUT2D eigenvalue weighted by Crippen LogP contribution is -2.97. The molecule has 0 amide bonds. The molecule has 0 spiro atoms. The van der Waals surface area contributed by atoms with Crippen molar-refractivity contribution in [2.75, 3.05) is 19.7 Å². The molecule has 1 aliphatic heterocycles. The summed E-state index contributed by atoms with van der Waals surface area (Å²) in [6.07, 6.45) is 1.86. The van der Waals surface area contributed by atoms with Gasteiger partial charge in [-0.1, -0.05) is 42.5 Å². The van der Waals surface area contributed by atoms with E-state index in [9.17, 15) is 5.11 Å². The number of hydrogen-bond donors (Lipinski definition) is 3. The van der Waals surface area contributed by atoms with Crippen LogP contribution in [-0.4, -0.2) is 49.1 Å². The minimum absolute atomic E-state index is 0.00382. The first-order valence-corrected chi connectivity index (χ1v) is 10.4. The number of benzene rings is 2. The standard InChI is InChI=1S/C23H32N2O3/c1-17(12-13-19-8-4-3-5-9-19)24-14-20(26)15-25-18(2)23-16-27-21-10-6-7-11-22(21)28-23/h3-11,17-18,20,23-26H,12-16H2,1-2H3/p+2/t17-,18-,20-,23-/m0/s1. The van der Waals surface area contributed by atoms with Gasteiger partial charge in [0.05, 0.1) is 6.04 Å². The van der Waals surface area contributed by atoms with Gasteiger partial charge in [-0.25, -0.2) is 0 Å². The number of fused-ring (bicyclic) bond motifs is 1. The van der Waals surface area contributed by atoms with Crippen LogP contribution in [-0.2, 0) is 6.42 Å². The molecular formula is C23H34N2O3+2. The normalized spacial score (nSPS) is 19.0. The molecule has 0 saturated heterocycles. The molecule has 2 aromatic rings. The summed E-state index contributed by atoms with van der Waals surface area (Å²) in [5.74, 6) is 1.62. The maximum Gasteiger partial charge on any atom is 0.184 e. The molecule has 152 valence electrons. The van der Waals surface area contributed by atoms with E-state index >= 15 is 0 Å². The molecule has 0 bridgehead atoms. The lowest BCUT2D eigenvalue weighted by atomic mass is 10.1. The van der Waals surface area contributed by atoms with Gasteiger partial charge >= 0.3 is 0 Å². The molecule has 3 rings (SSSR count). The molecule has 1 aliphatic rings. The van der Waals surface area contributed by atoms with Gasteiger partial charge in [0.2, 0.25) is 0 Å². The van der Waals surface area contributed by atoms with Crippen LogP contribution in [0.4, 0.5) is 0 Å². The largest absolute Gasteiger partial charge is 0.486 e. The Morgan fingerprint density at radius 2 is 1.64 bits per heavy atom. The van der Waals surface area contributed by atoms with E-state index < -0.39 is 0 Å². The lowest BCUT2D eigenvalue weighted by molar-refractivity contribution is -0.722. The highest BCUT2D eigenvalue weighted by Gasteiger charge is 2.28. The number of aliphatic hydroxyl groups is 1. The molecule has 0 aromatic heterocycles. The Kier molecular flexibility index (Phi) is 7.71. The zero-order chi connectivity index (χ0) is 19.8. The predicted octanol–water partition coefficient (Wildman–Crippen LogP) is 0.724. The maximum atomic E-state index is 10.4. The Morgan fingerprint density at radius 3 is 2.43 bits per heavy atom. The van der Waals surface area contributed by atoms with Gasteiger partial charge in [-0.3, -0.25) is 0 Å². The van der Waals surface area contributed by atoms with E-state index in [1.54, 1.807) is 0 Å². The molecule has 0 radical (unpaired) electrons. The second-order valence-electron chi connectivity index (χ2n) is 7.87. The number of ether oxygens (including phenoxy) is 2. The van der Waals surface area contributed by atoms with E-state index in [-0.39, 0.29) is 18.2 Å². The summed E-state index contributed by atoms with van der Waals surface area (Å²) >= 11 is 0. The highest BCUT2D eigenvalue weighted by atomic mass is 16.6. The first kappa shape index (κ1) is 20.6. The van der Waals surface area contributed by atoms with Crippen LogP contribution in [0.1, 0.15) is 25.8 Å². The van der Waals surface area contributed by atoms with Crippen LogP contribution < -0.4 is 20.1 Å². The van der Waals surface area contributed by atoms with Crippen LogP contribution in [0.2, 0.25) is 0 Å². The number of quaternary nitrogens is 2. The molecule has 0 aliphatic carbocycles. The van der Waals surface area contributed by atoms with E-state index in [0.717, 1.165) is 30.9 Å². The SMILES string of the molecule is C[C@H]([NH2+]C[C@@H](O)C[NH2+][C@@H](C)CCc1ccccc1)[C@@H]1COc2ccccc2O1. The summed E-state index contributed by atoms with van der Waals surface area (Å²) < 4.78 is 11.8. The predicted molar refractivity (Wildman–Crippen MR) is 110 cm³/mol. The number of aryl methyl sites for hydroxylation is 1. The molecule has 5 N–H and O–H groups in total. The Hall–Kier alpha value is -2.08. The minimum Gasteiger partial charge on any atom is -0.486 e. The first-order valence-electron chi connectivity index (χ1n) is 10.4. The number of hydrogen-bond acceptors (Lipinski definition) is 3. The van der Waals surface area contributed by atoms with Crippen LogP contribution in [0.5, 0.6) is 11.5 Å². The van der Waals surface area contributed by atoms with Crippen molar-refractivity contribution >= 4 is 0 Å². The summed E-state index contributed by atoms with van der Waals surface area (Å²) in [5, 5.41) is 14.8. The van der Waals surface area contributed by atoms with Crippen molar-refractivity contribution in [3.8, 4) is 11.5 Å². The van der Waals surface area contributed by atoms with Crippen LogP contribution in [0.3, 0.4) is 0 Å². The minimum atomic E-state index is -0.335. The third-order valence-corrected chi connectivity index (χ3v) is 5.44. The molecule has 0 unspecified atom stereocenters. The lowest BCUT2D eigenvalue weighted by Gasteiger charge is -2.29. The van der Waals surface area contributed by atoms with E-state index in [4.69, 9.17) is 9.47 Å². The Morgan fingerprint density at radius 1 is 0.964 bits per heavy atom. The molecule has 5 nitrogen and oxygen atoms in total. The molecule has 4 atom stereocenters. The summed E-state index contributed by atoms with van der Waals surface area (Å²) in [6, 6.07) is 19.1. The second kappa shape index (κ2) is 10.5. The van der Waals surface area contributed by atoms with Gasteiger partial charge in [0.25, 0.3) is 0 Å². The van der Waals surface area contributed by atoms with Crippen LogP contribution in [0.15, 0.2) is 54.6 Å². The second-order valence-corrected chi connectivity index (χ2v) is 7.87. The summed E-state index contributed by atoms with van der Waals surface area (Å²) in [4.78, 5) is 0. The quantitative estimate of drug-likeness (QED) is 0.564. The monoisotopic (exact) mass is 386 g/mol. The van der Waals surface area contributed by atoms with Crippen molar-refractivity contribution in [3.63, 3.8) is 0 Å². The fourth-order valence-electron chi connectivity index (χ4n) is 3.46. The van der Waals surface area contributed by atoms with Crippen molar-refractivity contribution in [2.45, 2.75) is 51.0 Å². The fraction of sp³-hybridized carbons (Fsp3) is 0.478. The molecule has 28 heavy (non-hydrogen) atoms. The molecule has 5 heteroatoms. The van der Waals surface area contributed by atoms with E-state index in [1.165, 1.54) is 5.56 Å². The smallest absolute Gasteiger partial charge is 0.184 e. The highest BCUT2D eigenvalue weighted by molar-refractivity contribution is 5.40. The number of para-hydroxylation sites is 2. The Bertz CT molecular complexity index is 710. The highest BCUT2D eigenvalue weighted by Crippen LogP contribution is 2.31. The van der Waals surface area contributed by atoms with Gasteiger partial charge in [-0.2, -0.15) is 0 Å². The van der Waals surface area contributed by atoms with E-state index in [2.05, 4.69) is 54.8 Å². The average molecular weight is 387 g/mol. The number of rotatable bonds is 10. The third kappa shape index (κ3) is 6.23. The summed E-state index contributed by atoms with van der Waals surface area (Å²) in [7, 11) is 0. The van der Waals surface area contributed by atoms with E-state index in [1.807, 2.05) is 24.3 Å². The summed E-state index contributed by atoms with van der Waals surface area (Å²) in [6.45, 7) is 6.30. The average Bonchev–Trinajstić information content (AvgIpc) is 2.75. The van der Waals surface area contributed by atoms with Crippen molar-refractivity contribution in [3.05, 3.63) is 60.2 Å². The van der Waals surface area contributed by atoms with Gasteiger partial charge in [0.15, 0.2) is 23.7 Å². The van der Waals surface area contributed by atoms with Crippen molar-refractivity contribution in [1.82, 2.24) is 0 Å². The molecular weight excluding hydrogens is 352 g/mol. The fourth-order valence-corrected chi connectivity index (χ4v) is 3.46. The molecule has 1 heterocycles. The number of nitrogens with two attached hydrogens (primary N) is 2. The Labute approximate surface area is 168 Å². The van der Waals surface area contributed by atoms with Gasteiger partial charge in [0.1, 0.15) is 25.7 Å². The third-order valence-electron chi connectivity index (χ3n) is 5.44. The Balaban J connectivity index is 1.32. The van der Waals surface area contributed by atoms with Crippen LogP contribution in [0.25, 0.3) is 0 Å². The van der Waals surface area contributed by atoms with Gasteiger partial charge in [-0.05, 0) is 38.0 Å². The van der Waals surface area contributed by atoms with E-state index in [0.29, 0.717) is 19.2 Å². The molecule has 0 saturated carbocycles. The van der Waals surface area contributed by atoms with Crippen molar-refractivity contribution < 1.29 is 25.2 Å². The van der Waals surface area contributed by atoms with Gasteiger partial charge < -0.3 is 25.2 Å². The van der Waals surface area contributed by atoms with Crippen LogP contribution in [0, 0.1) is 0 Å². The molecule has 2 aromatic carbocycles. The van der Waals surface area contributed by atoms with Crippen LogP contribution >= 0.6 is 0 Å². The molecule has 0 fully saturated rings. The summed E-state index contributed by atoms with van der Waals surface area (Å²) in [5.41, 5.74) is 1.38. The number of aliphatic hydroxyl groups excluding tert-OH is 1. The topological polar surface area (TPSA) is 71.9 Å². The zero-order valence-electron chi connectivity index (χ0n) is 17.0. The van der Waals surface area contributed by atoms with Gasteiger partial charge in [-0.15, -0.1) is 0 Å². The van der Waals surface area contributed by atoms with Crippen molar-refractivity contribution in [1.29, 1.82) is 0 Å². The van der Waals surface area contributed by atoms with Crippen molar-refractivity contribution in [2.24, 2.45) is 0 Å². The maximum absolute atomic E-state index is 10.4. The first-order chi connectivity index (χ1) is 13.6. The van der Waals surface area contributed by atoms with Gasteiger partial charge in [0, 0.05) is 6.42 Å².